The summed E-state index contributed by atoms with van der Waals surface area (Å²) in [6.07, 6.45) is -0.525. The lowest BCUT2D eigenvalue weighted by Crippen LogP contribution is -2.38. The van der Waals surface area contributed by atoms with E-state index in [-0.39, 0.29) is 37.5 Å². The van der Waals surface area contributed by atoms with Crippen LogP contribution in [0.15, 0.2) is 24.3 Å². The Labute approximate surface area is 143 Å². The molecule has 0 heterocycles. The van der Waals surface area contributed by atoms with Gasteiger partial charge in [0.15, 0.2) is 0 Å². The Hall–Kier alpha value is -2.08. The van der Waals surface area contributed by atoms with Crippen LogP contribution in [-0.4, -0.2) is 53.8 Å². The Bertz CT molecular complexity index is 525. The van der Waals surface area contributed by atoms with E-state index in [2.05, 4.69) is 0 Å². The molecule has 0 aliphatic heterocycles. The number of rotatable bonds is 9. The van der Waals surface area contributed by atoms with E-state index in [9.17, 15) is 14.7 Å². The Balaban J connectivity index is 2.77. The first kappa shape index (κ1) is 20.0. The predicted octanol–water partition coefficient (Wildman–Crippen LogP) is 2.25. The van der Waals surface area contributed by atoms with E-state index in [1.54, 1.807) is 38.1 Å². The minimum absolute atomic E-state index is 0.0582. The van der Waals surface area contributed by atoms with Gasteiger partial charge in [-0.3, -0.25) is 9.59 Å². The van der Waals surface area contributed by atoms with Crippen molar-refractivity contribution in [2.24, 2.45) is 0 Å². The summed E-state index contributed by atoms with van der Waals surface area (Å²) >= 11 is 0. The second kappa shape index (κ2) is 9.93. The molecular formula is C18H27NO5. The molecule has 24 heavy (non-hydrogen) atoms. The highest BCUT2D eigenvalue weighted by molar-refractivity contribution is 5.94. The number of carbonyl (C=O) groups excluding carboxylic acids is 2. The van der Waals surface area contributed by atoms with E-state index in [0.717, 1.165) is 0 Å². The highest BCUT2D eigenvalue weighted by atomic mass is 16.5. The molecule has 134 valence electrons. The number of esters is 1. The molecule has 0 bridgehead atoms. The van der Waals surface area contributed by atoms with Gasteiger partial charge >= 0.3 is 5.97 Å². The summed E-state index contributed by atoms with van der Waals surface area (Å²) in [6.45, 7) is 7.86. The number of ether oxygens (including phenoxy) is 2. The van der Waals surface area contributed by atoms with Gasteiger partial charge in [-0.15, -0.1) is 0 Å². The van der Waals surface area contributed by atoms with E-state index in [1.165, 1.54) is 4.90 Å². The molecule has 1 amide bonds. The van der Waals surface area contributed by atoms with Crippen molar-refractivity contribution in [2.45, 2.75) is 46.3 Å². The zero-order valence-corrected chi connectivity index (χ0v) is 14.8. The van der Waals surface area contributed by atoms with Gasteiger partial charge in [0, 0.05) is 18.7 Å². The Kier molecular flexibility index (Phi) is 8.26. The van der Waals surface area contributed by atoms with Crippen molar-refractivity contribution in [3.63, 3.8) is 0 Å². The van der Waals surface area contributed by atoms with Gasteiger partial charge in [-0.2, -0.15) is 0 Å². The number of aliphatic hydroxyl groups excluding tert-OH is 1. The fourth-order valence-electron chi connectivity index (χ4n) is 2.18. The number of aliphatic hydroxyl groups is 1. The molecule has 0 aliphatic rings. The third-order valence-corrected chi connectivity index (χ3v) is 3.14. The molecule has 0 saturated carbocycles. The monoisotopic (exact) mass is 337 g/mol. The molecule has 0 saturated heterocycles. The van der Waals surface area contributed by atoms with Crippen LogP contribution in [-0.2, 0) is 9.53 Å². The number of hydrogen-bond donors (Lipinski definition) is 1. The molecule has 1 aromatic carbocycles. The zero-order chi connectivity index (χ0) is 18.1. The fourth-order valence-corrected chi connectivity index (χ4v) is 2.18. The summed E-state index contributed by atoms with van der Waals surface area (Å²) in [7, 11) is 0. The maximum absolute atomic E-state index is 12.6. The van der Waals surface area contributed by atoms with Crippen molar-refractivity contribution in [1.29, 1.82) is 0 Å². The molecule has 0 spiro atoms. The van der Waals surface area contributed by atoms with Crippen molar-refractivity contribution < 1.29 is 24.2 Å². The van der Waals surface area contributed by atoms with Gasteiger partial charge in [-0.05, 0) is 52.0 Å². The largest absolute Gasteiger partial charge is 0.491 e. The highest BCUT2D eigenvalue weighted by Crippen LogP contribution is 2.15. The van der Waals surface area contributed by atoms with E-state index in [4.69, 9.17) is 9.47 Å². The van der Waals surface area contributed by atoms with E-state index >= 15 is 0 Å². The Morgan fingerprint density at radius 1 is 1.17 bits per heavy atom. The van der Waals surface area contributed by atoms with Crippen LogP contribution in [0.4, 0.5) is 0 Å². The van der Waals surface area contributed by atoms with Crippen LogP contribution in [0, 0.1) is 0 Å². The van der Waals surface area contributed by atoms with E-state index in [0.29, 0.717) is 17.9 Å². The first-order valence-corrected chi connectivity index (χ1v) is 8.23. The van der Waals surface area contributed by atoms with Crippen molar-refractivity contribution in [2.75, 3.05) is 19.7 Å². The van der Waals surface area contributed by atoms with Gasteiger partial charge in [-0.25, -0.2) is 0 Å². The molecule has 1 aromatic rings. The standard InChI is InChI=1S/C18H27NO5/c1-5-23-17(21)10-11-19(12-14(4)20)18(22)15-6-8-16(9-7-15)24-13(2)3/h6-9,13-14,20H,5,10-12H2,1-4H3. The summed E-state index contributed by atoms with van der Waals surface area (Å²) in [6, 6.07) is 6.83. The highest BCUT2D eigenvalue weighted by Gasteiger charge is 2.19. The van der Waals surface area contributed by atoms with E-state index < -0.39 is 6.10 Å². The summed E-state index contributed by atoms with van der Waals surface area (Å²) in [4.78, 5) is 25.6. The van der Waals surface area contributed by atoms with Crippen molar-refractivity contribution >= 4 is 11.9 Å². The zero-order valence-electron chi connectivity index (χ0n) is 14.8. The van der Waals surface area contributed by atoms with Crippen LogP contribution in [0.2, 0.25) is 0 Å². The quantitative estimate of drug-likeness (QED) is 0.700. The average Bonchev–Trinajstić information content (AvgIpc) is 2.51. The minimum atomic E-state index is -0.681. The van der Waals surface area contributed by atoms with Gasteiger partial charge in [0.05, 0.1) is 25.2 Å². The lowest BCUT2D eigenvalue weighted by atomic mass is 10.1. The molecule has 1 N–H and O–H groups in total. The molecule has 0 aromatic heterocycles. The smallest absolute Gasteiger partial charge is 0.307 e. The number of nitrogens with zero attached hydrogens (tertiary/aromatic N) is 1. The molecule has 0 radical (unpaired) electrons. The van der Waals surface area contributed by atoms with Crippen LogP contribution in [0.25, 0.3) is 0 Å². The molecule has 1 rings (SSSR count). The number of benzene rings is 1. The van der Waals surface area contributed by atoms with Crippen LogP contribution < -0.4 is 4.74 Å². The maximum atomic E-state index is 12.6. The third kappa shape index (κ3) is 7.00. The lowest BCUT2D eigenvalue weighted by molar-refractivity contribution is -0.143. The van der Waals surface area contributed by atoms with Crippen molar-refractivity contribution in [3.8, 4) is 5.75 Å². The summed E-state index contributed by atoms with van der Waals surface area (Å²) < 4.78 is 10.4. The Morgan fingerprint density at radius 2 is 1.79 bits per heavy atom. The first-order valence-electron chi connectivity index (χ1n) is 8.23. The molecule has 1 unspecified atom stereocenters. The minimum Gasteiger partial charge on any atom is -0.491 e. The lowest BCUT2D eigenvalue weighted by Gasteiger charge is -2.24. The van der Waals surface area contributed by atoms with Crippen LogP contribution in [0.5, 0.6) is 5.75 Å². The number of carbonyl (C=O) groups is 2. The molecule has 6 nitrogen and oxygen atoms in total. The molecular weight excluding hydrogens is 310 g/mol. The van der Waals surface area contributed by atoms with Crippen molar-refractivity contribution in [1.82, 2.24) is 4.90 Å². The third-order valence-electron chi connectivity index (χ3n) is 3.14. The summed E-state index contributed by atoms with van der Waals surface area (Å²) in [5.41, 5.74) is 0.482. The first-order chi connectivity index (χ1) is 11.3. The second-order valence-electron chi connectivity index (χ2n) is 5.85. The maximum Gasteiger partial charge on any atom is 0.307 e. The average molecular weight is 337 g/mol. The molecule has 0 aliphatic carbocycles. The summed E-state index contributed by atoms with van der Waals surface area (Å²) in [5.74, 6) is 0.0908. The van der Waals surface area contributed by atoms with Gasteiger partial charge in [-0.1, -0.05) is 0 Å². The number of hydrogen-bond acceptors (Lipinski definition) is 5. The Morgan fingerprint density at radius 3 is 2.29 bits per heavy atom. The topological polar surface area (TPSA) is 76.1 Å². The van der Waals surface area contributed by atoms with Crippen LogP contribution in [0.1, 0.15) is 44.5 Å². The van der Waals surface area contributed by atoms with Crippen LogP contribution in [0.3, 0.4) is 0 Å². The normalized spacial score (nSPS) is 11.9. The molecule has 0 fully saturated rings. The van der Waals surface area contributed by atoms with E-state index in [1.807, 2.05) is 13.8 Å². The van der Waals surface area contributed by atoms with Gasteiger partial charge in [0.25, 0.3) is 5.91 Å². The second-order valence-corrected chi connectivity index (χ2v) is 5.85. The predicted molar refractivity (Wildman–Crippen MR) is 91.0 cm³/mol. The van der Waals surface area contributed by atoms with Crippen LogP contribution >= 0.6 is 0 Å². The molecule has 6 heteroatoms. The SMILES string of the molecule is CCOC(=O)CCN(CC(C)O)C(=O)c1ccc(OC(C)C)cc1. The molecule has 1 atom stereocenters. The fraction of sp³-hybridized carbons (Fsp3) is 0.556. The number of amides is 1. The van der Waals surface area contributed by atoms with Crippen molar-refractivity contribution in [3.05, 3.63) is 29.8 Å². The van der Waals surface area contributed by atoms with Gasteiger partial charge < -0.3 is 19.5 Å². The van der Waals surface area contributed by atoms with Gasteiger partial charge in [0.2, 0.25) is 0 Å². The summed E-state index contributed by atoms with van der Waals surface area (Å²) in [5, 5.41) is 9.60. The van der Waals surface area contributed by atoms with Gasteiger partial charge in [0.1, 0.15) is 5.75 Å².